The van der Waals surface area contributed by atoms with E-state index in [0.29, 0.717) is 51.0 Å². The Morgan fingerprint density at radius 2 is 1.79 bits per heavy atom. The molecule has 5 rings (SSSR count). The highest BCUT2D eigenvalue weighted by molar-refractivity contribution is 7.99. The zero-order valence-electron chi connectivity index (χ0n) is 20.9. The largest absolute Gasteiger partial charge is 0.481 e. The van der Waals surface area contributed by atoms with Crippen molar-refractivity contribution in [2.75, 3.05) is 18.6 Å². The normalized spacial score (nSPS) is 11.1. The fraction of sp³-hybridized carbons (Fsp3) is 0.100. The third-order valence-electron chi connectivity index (χ3n) is 6.30. The van der Waals surface area contributed by atoms with Crippen LogP contribution in [0.3, 0.4) is 0 Å². The lowest BCUT2D eigenvalue weighted by atomic mass is 9.97. The van der Waals surface area contributed by atoms with E-state index in [4.69, 9.17) is 16.2 Å². The number of amides is 1. The number of hydrogen-bond donors (Lipinski definition) is 2. The van der Waals surface area contributed by atoms with Gasteiger partial charge in [0.25, 0.3) is 0 Å². The van der Waals surface area contributed by atoms with Gasteiger partial charge in [0.1, 0.15) is 17.5 Å². The van der Waals surface area contributed by atoms with Gasteiger partial charge >= 0.3 is 0 Å². The number of rotatable bonds is 8. The van der Waals surface area contributed by atoms with E-state index >= 15 is 0 Å². The predicted octanol–water partition coefficient (Wildman–Crippen LogP) is 6.27. The first-order valence-electron chi connectivity index (χ1n) is 12.0. The molecule has 0 bridgehead atoms. The molecule has 0 saturated heterocycles. The van der Waals surface area contributed by atoms with Gasteiger partial charge in [0.05, 0.1) is 12.6 Å². The number of aryl methyl sites for hydroxylation is 1. The van der Waals surface area contributed by atoms with Gasteiger partial charge < -0.3 is 16.2 Å². The number of aromatic nitrogens is 2. The quantitative estimate of drug-likeness (QED) is 0.224. The summed E-state index contributed by atoms with van der Waals surface area (Å²) in [6.07, 6.45) is 2.29. The number of nitrogens with two attached hydrogens (primary N) is 2. The fourth-order valence-corrected chi connectivity index (χ4v) is 5.30. The van der Waals surface area contributed by atoms with E-state index in [1.165, 1.54) is 23.9 Å². The van der Waals surface area contributed by atoms with Gasteiger partial charge in [-0.1, -0.05) is 24.3 Å². The minimum atomic E-state index is -0.604. The lowest BCUT2D eigenvalue weighted by Gasteiger charge is -2.13. The van der Waals surface area contributed by atoms with Crippen molar-refractivity contribution in [1.29, 1.82) is 0 Å². The van der Waals surface area contributed by atoms with Crippen molar-refractivity contribution in [1.82, 2.24) is 9.97 Å². The third kappa shape index (κ3) is 5.53. The summed E-state index contributed by atoms with van der Waals surface area (Å²) in [7, 11) is 1.55. The van der Waals surface area contributed by atoms with Crippen LogP contribution in [0.25, 0.3) is 33.2 Å². The number of nitrogen functional groups attached to an aromatic ring is 1. The van der Waals surface area contributed by atoms with Crippen LogP contribution < -0.4 is 16.2 Å². The first kappa shape index (κ1) is 26.1. The summed E-state index contributed by atoms with van der Waals surface area (Å²) in [6, 6.07) is 20.2. The van der Waals surface area contributed by atoms with Crippen LogP contribution >= 0.6 is 11.8 Å². The zero-order chi connectivity index (χ0) is 27.5. The molecule has 0 saturated carbocycles. The lowest BCUT2D eigenvalue weighted by molar-refractivity contribution is 0.100. The van der Waals surface area contributed by atoms with Gasteiger partial charge in [-0.15, -0.1) is 11.8 Å². The standard InChI is InChI=1S/C30H24F2N4O2S/c1-38-30-18(10-11-39-27-9-7-21(31)15-25(27)32)13-20(16-35-30)17-6-8-26-19(12-17)14-24(28(33)36-26)22-4-2-3-5-23(22)29(34)37/h2-9,12-16H,10-11H2,1H3,(H2,33,36)(H2,34,37). The maximum absolute atomic E-state index is 14.0. The second-order valence-electron chi connectivity index (χ2n) is 8.80. The summed E-state index contributed by atoms with van der Waals surface area (Å²) in [5.41, 5.74) is 16.8. The first-order valence-corrected chi connectivity index (χ1v) is 13.0. The van der Waals surface area contributed by atoms with Crippen LogP contribution in [0.4, 0.5) is 14.6 Å². The Morgan fingerprint density at radius 1 is 0.974 bits per heavy atom. The number of benzene rings is 3. The number of ether oxygens (including phenoxy) is 1. The molecule has 9 heteroatoms. The molecule has 2 heterocycles. The molecule has 4 N–H and O–H groups in total. The Hall–Kier alpha value is -4.50. The number of primary amides is 1. The molecule has 0 radical (unpaired) electrons. The number of nitrogens with zero attached hydrogens (tertiary/aromatic N) is 2. The molecule has 2 aromatic heterocycles. The molecule has 196 valence electrons. The molecule has 0 spiro atoms. The highest BCUT2D eigenvalue weighted by atomic mass is 32.2. The zero-order valence-corrected chi connectivity index (χ0v) is 21.8. The monoisotopic (exact) mass is 542 g/mol. The summed E-state index contributed by atoms with van der Waals surface area (Å²) in [5, 5.41) is 0.829. The number of anilines is 1. The van der Waals surface area contributed by atoms with Gasteiger partial charge in [-0.05, 0) is 60.0 Å². The van der Waals surface area contributed by atoms with Gasteiger partial charge in [0.15, 0.2) is 0 Å². The molecule has 0 fully saturated rings. The Kier molecular flexibility index (Phi) is 7.42. The van der Waals surface area contributed by atoms with Crippen LogP contribution in [0, 0.1) is 11.6 Å². The molecule has 39 heavy (non-hydrogen) atoms. The summed E-state index contributed by atoms with van der Waals surface area (Å²) in [4.78, 5) is 21.4. The van der Waals surface area contributed by atoms with Crippen LogP contribution in [0.1, 0.15) is 15.9 Å². The molecular formula is C30H24F2N4O2S. The molecule has 0 aliphatic heterocycles. The van der Waals surface area contributed by atoms with Gasteiger partial charge in [0, 0.05) is 50.6 Å². The van der Waals surface area contributed by atoms with Crippen molar-refractivity contribution in [2.24, 2.45) is 5.73 Å². The minimum Gasteiger partial charge on any atom is -0.481 e. The summed E-state index contributed by atoms with van der Waals surface area (Å²) in [5.74, 6) is -0.397. The van der Waals surface area contributed by atoms with Crippen molar-refractivity contribution in [3.05, 3.63) is 102 Å². The average molecular weight is 543 g/mol. The number of carbonyl (C=O) groups is 1. The number of halogens is 2. The smallest absolute Gasteiger partial charge is 0.249 e. The molecule has 0 aliphatic carbocycles. The summed E-state index contributed by atoms with van der Waals surface area (Å²) < 4.78 is 32.7. The number of methoxy groups -OCH3 is 1. The molecular weight excluding hydrogens is 518 g/mol. The highest BCUT2D eigenvalue weighted by Crippen LogP contribution is 2.34. The number of thioether (sulfide) groups is 1. The molecule has 0 aliphatic rings. The highest BCUT2D eigenvalue weighted by Gasteiger charge is 2.15. The number of carbonyl (C=O) groups excluding carboxylic acids is 1. The van der Waals surface area contributed by atoms with Gasteiger partial charge in [-0.25, -0.2) is 18.7 Å². The van der Waals surface area contributed by atoms with Crippen molar-refractivity contribution in [3.8, 4) is 28.1 Å². The van der Waals surface area contributed by atoms with Crippen LogP contribution in [-0.4, -0.2) is 28.7 Å². The number of pyridine rings is 2. The first-order chi connectivity index (χ1) is 18.8. The second kappa shape index (κ2) is 11.1. The Bertz CT molecular complexity index is 1710. The van der Waals surface area contributed by atoms with Crippen molar-refractivity contribution >= 4 is 34.4 Å². The van der Waals surface area contributed by atoms with E-state index in [-0.39, 0.29) is 0 Å². The molecule has 6 nitrogen and oxygen atoms in total. The van der Waals surface area contributed by atoms with E-state index in [0.717, 1.165) is 28.1 Å². The number of fused-ring (bicyclic) bond motifs is 1. The summed E-state index contributed by atoms with van der Waals surface area (Å²) in [6.45, 7) is 0. The second-order valence-corrected chi connectivity index (χ2v) is 9.94. The number of hydrogen-bond acceptors (Lipinski definition) is 6. The Balaban J connectivity index is 1.46. The molecule has 1 amide bonds. The SMILES string of the molecule is COc1ncc(-c2ccc3nc(N)c(-c4ccccc4C(N)=O)cc3c2)cc1CCSc1ccc(F)cc1F. The van der Waals surface area contributed by atoms with Gasteiger partial charge in [-0.3, -0.25) is 4.79 Å². The molecule has 3 aromatic carbocycles. The van der Waals surface area contributed by atoms with Crippen LogP contribution in [0.5, 0.6) is 5.88 Å². The maximum atomic E-state index is 14.0. The van der Waals surface area contributed by atoms with Crippen molar-refractivity contribution in [2.45, 2.75) is 11.3 Å². The van der Waals surface area contributed by atoms with Gasteiger partial charge in [-0.2, -0.15) is 0 Å². The summed E-state index contributed by atoms with van der Waals surface area (Å²) >= 11 is 1.30. The van der Waals surface area contributed by atoms with E-state index in [1.807, 2.05) is 36.4 Å². The van der Waals surface area contributed by atoms with Crippen LogP contribution in [0.15, 0.2) is 83.9 Å². The predicted molar refractivity (Wildman–Crippen MR) is 151 cm³/mol. The Labute approximate surface area is 228 Å². The lowest BCUT2D eigenvalue weighted by Crippen LogP contribution is -2.12. The van der Waals surface area contributed by atoms with E-state index in [1.54, 1.807) is 31.5 Å². The topological polar surface area (TPSA) is 104 Å². The Morgan fingerprint density at radius 3 is 2.56 bits per heavy atom. The van der Waals surface area contributed by atoms with E-state index in [9.17, 15) is 13.6 Å². The third-order valence-corrected chi connectivity index (χ3v) is 7.35. The van der Waals surface area contributed by atoms with Crippen LogP contribution in [0.2, 0.25) is 0 Å². The fourth-order valence-electron chi connectivity index (χ4n) is 4.40. The molecule has 5 aromatic rings. The maximum Gasteiger partial charge on any atom is 0.249 e. The van der Waals surface area contributed by atoms with E-state index < -0.39 is 17.5 Å². The van der Waals surface area contributed by atoms with E-state index in [2.05, 4.69) is 9.97 Å². The average Bonchev–Trinajstić information content (AvgIpc) is 2.93. The van der Waals surface area contributed by atoms with Crippen molar-refractivity contribution in [3.63, 3.8) is 0 Å². The molecule has 0 atom stereocenters. The minimum absolute atomic E-state index is 0.299. The van der Waals surface area contributed by atoms with Gasteiger partial charge in [0.2, 0.25) is 11.8 Å². The molecule has 0 unspecified atom stereocenters. The van der Waals surface area contributed by atoms with Crippen LogP contribution in [-0.2, 0) is 6.42 Å². The van der Waals surface area contributed by atoms with Crippen molar-refractivity contribution < 1.29 is 18.3 Å².